The molecule has 0 fully saturated rings. The fraction of sp³-hybridized carbons (Fsp3) is 0.667. The highest BCUT2D eigenvalue weighted by Gasteiger charge is 2.19. The van der Waals surface area contributed by atoms with Gasteiger partial charge < -0.3 is 14.2 Å². The van der Waals surface area contributed by atoms with E-state index < -0.39 is 6.10 Å². The molecule has 0 aliphatic carbocycles. The van der Waals surface area contributed by atoms with Crippen LogP contribution in [0.2, 0.25) is 0 Å². The van der Waals surface area contributed by atoms with Crippen molar-refractivity contribution in [1.29, 1.82) is 0 Å². The standard InChI is InChI=1S/C63H104O6/c1-4-7-10-13-15-17-19-21-23-25-27-29-31-33-35-37-39-41-43-45-47-50-53-56-62(65)68-59-60(58-67-61(64)55-52-49-12-9-6-3)69-63(66)57-54-51-48-46-44-42-40-38-36-34-32-30-28-26-24-22-20-18-16-14-11-8-5-2/h7,10,15,17,20-23,26-29,33,35,39,41,45,47,60H,4-6,8-9,11-14,16,18-19,24-25,30-32,34,36-38,40,42-44,46,48-59H2,1-3H3/b10-7-,17-15-,22-20-,23-21-,28-26-,29-27-,35-33-,41-39-,47-45-. The minimum atomic E-state index is -0.801. The van der Waals surface area contributed by atoms with E-state index in [1.54, 1.807) is 0 Å². The Hall–Kier alpha value is -3.93. The van der Waals surface area contributed by atoms with E-state index in [1.165, 1.54) is 96.3 Å². The first-order valence-electron chi connectivity index (χ1n) is 28.4. The fourth-order valence-corrected chi connectivity index (χ4v) is 7.52. The molecule has 0 bridgehead atoms. The molecule has 0 saturated heterocycles. The highest BCUT2D eigenvalue weighted by atomic mass is 16.6. The van der Waals surface area contributed by atoms with Crippen molar-refractivity contribution in [3.05, 3.63) is 109 Å². The molecule has 69 heavy (non-hydrogen) atoms. The van der Waals surface area contributed by atoms with Crippen LogP contribution in [0.5, 0.6) is 0 Å². The van der Waals surface area contributed by atoms with Gasteiger partial charge in [-0.1, -0.05) is 239 Å². The van der Waals surface area contributed by atoms with Crippen LogP contribution in [0.1, 0.15) is 252 Å². The Morgan fingerprint density at radius 2 is 0.580 bits per heavy atom. The molecule has 0 saturated carbocycles. The summed E-state index contributed by atoms with van der Waals surface area (Å²) < 4.78 is 16.7. The van der Waals surface area contributed by atoms with Gasteiger partial charge in [0, 0.05) is 19.3 Å². The van der Waals surface area contributed by atoms with E-state index in [2.05, 4.69) is 130 Å². The molecule has 0 N–H and O–H groups in total. The number of ether oxygens (including phenoxy) is 3. The first kappa shape index (κ1) is 65.1. The summed E-state index contributed by atoms with van der Waals surface area (Å²) in [5.41, 5.74) is 0. The molecule has 0 aliphatic heterocycles. The molecule has 0 aromatic carbocycles. The van der Waals surface area contributed by atoms with Gasteiger partial charge in [0.25, 0.3) is 0 Å². The molecule has 0 aliphatic rings. The van der Waals surface area contributed by atoms with Crippen molar-refractivity contribution in [2.45, 2.75) is 258 Å². The van der Waals surface area contributed by atoms with E-state index in [-0.39, 0.29) is 37.5 Å². The second-order valence-corrected chi connectivity index (χ2v) is 18.5. The molecule has 0 amide bonds. The molecule has 0 rings (SSSR count). The summed E-state index contributed by atoms with van der Waals surface area (Å²) in [6, 6.07) is 0. The third kappa shape index (κ3) is 54.9. The summed E-state index contributed by atoms with van der Waals surface area (Å²) >= 11 is 0. The number of carbonyl (C=O) groups is 3. The first-order chi connectivity index (χ1) is 34.0. The molecule has 0 heterocycles. The van der Waals surface area contributed by atoms with Crippen LogP contribution in [-0.2, 0) is 28.6 Å². The molecule has 6 nitrogen and oxygen atoms in total. The van der Waals surface area contributed by atoms with Crippen molar-refractivity contribution in [3.8, 4) is 0 Å². The summed E-state index contributed by atoms with van der Waals surface area (Å²) in [5.74, 6) is -0.978. The Bertz CT molecular complexity index is 1420. The number of hydrogen-bond donors (Lipinski definition) is 0. The third-order valence-electron chi connectivity index (χ3n) is 11.8. The molecular weight excluding hydrogens is 853 g/mol. The number of hydrogen-bond acceptors (Lipinski definition) is 6. The second kappa shape index (κ2) is 56.7. The Labute approximate surface area is 425 Å². The predicted molar refractivity (Wildman–Crippen MR) is 297 cm³/mol. The van der Waals surface area contributed by atoms with E-state index >= 15 is 0 Å². The van der Waals surface area contributed by atoms with Crippen molar-refractivity contribution in [2.75, 3.05) is 13.2 Å². The number of allylic oxidation sites excluding steroid dienone is 18. The monoisotopic (exact) mass is 957 g/mol. The Balaban J connectivity index is 4.23. The molecule has 0 aromatic heterocycles. The van der Waals surface area contributed by atoms with Crippen molar-refractivity contribution >= 4 is 17.9 Å². The summed E-state index contributed by atoms with van der Waals surface area (Å²) in [4.78, 5) is 37.8. The highest BCUT2D eigenvalue weighted by Crippen LogP contribution is 2.14. The summed E-state index contributed by atoms with van der Waals surface area (Å²) in [5, 5.41) is 0. The van der Waals surface area contributed by atoms with Crippen LogP contribution in [0.15, 0.2) is 109 Å². The Morgan fingerprint density at radius 1 is 0.304 bits per heavy atom. The normalized spacial score (nSPS) is 12.9. The zero-order valence-corrected chi connectivity index (χ0v) is 44.8. The van der Waals surface area contributed by atoms with Gasteiger partial charge in [0.15, 0.2) is 6.10 Å². The van der Waals surface area contributed by atoms with Gasteiger partial charge in [-0.15, -0.1) is 0 Å². The van der Waals surface area contributed by atoms with Gasteiger partial charge in [0.1, 0.15) is 13.2 Å². The van der Waals surface area contributed by atoms with Gasteiger partial charge in [-0.3, -0.25) is 14.4 Å². The van der Waals surface area contributed by atoms with E-state index in [4.69, 9.17) is 14.2 Å². The SMILES string of the molecule is CC/C=C\C/C=C\C/C=C\C/C=C\C/C=C\C/C=C\C/C=C\CCCC(=O)OCC(COC(=O)CCCCCCC)OC(=O)CCCCCCCCCCCCC/C=C\C/C=C\CCCCCCC. The smallest absolute Gasteiger partial charge is 0.306 e. The maximum Gasteiger partial charge on any atom is 0.306 e. The maximum absolute atomic E-state index is 12.8. The zero-order valence-electron chi connectivity index (χ0n) is 44.8. The lowest BCUT2D eigenvalue weighted by Crippen LogP contribution is -2.30. The third-order valence-corrected chi connectivity index (χ3v) is 11.8. The van der Waals surface area contributed by atoms with Crippen LogP contribution >= 0.6 is 0 Å². The predicted octanol–water partition coefficient (Wildman–Crippen LogP) is 19.1. The van der Waals surface area contributed by atoms with E-state index in [9.17, 15) is 14.4 Å². The molecule has 6 heteroatoms. The van der Waals surface area contributed by atoms with Gasteiger partial charge in [0.05, 0.1) is 0 Å². The van der Waals surface area contributed by atoms with Gasteiger partial charge in [-0.25, -0.2) is 0 Å². The Kier molecular flexibility index (Phi) is 53.4. The van der Waals surface area contributed by atoms with Crippen LogP contribution in [0.25, 0.3) is 0 Å². The quantitative estimate of drug-likeness (QED) is 0.0262. The van der Waals surface area contributed by atoms with Crippen LogP contribution < -0.4 is 0 Å². The molecule has 0 aromatic rings. The number of esters is 3. The number of rotatable bonds is 50. The minimum Gasteiger partial charge on any atom is -0.462 e. The van der Waals surface area contributed by atoms with Crippen LogP contribution in [-0.4, -0.2) is 37.2 Å². The number of unbranched alkanes of at least 4 members (excludes halogenated alkanes) is 21. The van der Waals surface area contributed by atoms with Crippen LogP contribution in [0, 0.1) is 0 Å². The molecule has 392 valence electrons. The average molecular weight is 958 g/mol. The van der Waals surface area contributed by atoms with Gasteiger partial charge in [-0.2, -0.15) is 0 Å². The largest absolute Gasteiger partial charge is 0.462 e. The van der Waals surface area contributed by atoms with Crippen molar-refractivity contribution in [2.24, 2.45) is 0 Å². The first-order valence-corrected chi connectivity index (χ1v) is 28.4. The lowest BCUT2D eigenvalue weighted by Gasteiger charge is -2.18. The molecular formula is C63H104O6. The lowest BCUT2D eigenvalue weighted by atomic mass is 10.0. The summed E-state index contributed by atoms with van der Waals surface area (Å²) in [6.45, 7) is 6.38. The van der Waals surface area contributed by atoms with E-state index in [1.807, 2.05) is 0 Å². The summed E-state index contributed by atoms with van der Waals surface area (Å²) in [6.07, 6.45) is 77.0. The number of carbonyl (C=O) groups excluding carboxylic acids is 3. The minimum absolute atomic E-state index is 0.0988. The van der Waals surface area contributed by atoms with E-state index in [0.29, 0.717) is 19.3 Å². The Morgan fingerprint density at radius 3 is 0.942 bits per heavy atom. The van der Waals surface area contributed by atoms with Crippen molar-refractivity contribution < 1.29 is 28.6 Å². The lowest BCUT2D eigenvalue weighted by molar-refractivity contribution is -0.167. The zero-order chi connectivity index (χ0) is 50.0. The van der Waals surface area contributed by atoms with E-state index in [0.717, 1.165) is 109 Å². The maximum atomic E-state index is 12.8. The van der Waals surface area contributed by atoms with Gasteiger partial charge >= 0.3 is 17.9 Å². The second-order valence-electron chi connectivity index (χ2n) is 18.5. The molecule has 0 radical (unpaired) electrons. The van der Waals surface area contributed by atoms with Gasteiger partial charge in [0.2, 0.25) is 0 Å². The van der Waals surface area contributed by atoms with Crippen molar-refractivity contribution in [1.82, 2.24) is 0 Å². The summed E-state index contributed by atoms with van der Waals surface area (Å²) in [7, 11) is 0. The van der Waals surface area contributed by atoms with Crippen LogP contribution in [0.4, 0.5) is 0 Å². The van der Waals surface area contributed by atoms with Crippen LogP contribution in [0.3, 0.4) is 0 Å². The highest BCUT2D eigenvalue weighted by molar-refractivity contribution is 5.71. The van der Waals surface area contributed by atoms with Crippen molar-refractivity contribution in [3.63, 3.8) is 0 Å². The van der Waals surface area contributed by atoms with Gasteiger partial charge in [-0.05, 0) is 103 Å². The average Bonchev–Trinajstić information content (AvgIpc) is 3.35. The topological polar surface area (TPSA) is 78.9 Å². The fourth-order valence-electron chi connectivity index (χ4n) is 7.52. The molecule has 0 spiro atoms. The molecule has 1 unspecified atom stereocenters. The molecule has 1 atom stereocenters.